The van der Waals surface area contributed by atoms with Crippen molar-refractivity contribution in [1.82, 2.24) is 5.32 Å². The number of benzene rings is 1. The lowest BCUT2D eigenvalue weighted by molar-refractivity contribution is 0.0966. The average Bonchev–Trinajstić information content (AvgIpc) is 2.63. The highest BCUT2D eigenvalue weighted by Gasteiger charge is 2.17. The largest absolute Gasteiger partial charge is 0.348 e. The Balaban J connectivity index is 0.000000461. The predicted molar refractivity (Wildman–Crippen MR) is 58.3 cm³/mol. The van der Waals surface area contributed by atoms with Gasteiger partial charge in [0.05, 0.1) is 0 Å². The first-order valence-electron chi connectivity index (χ1n) is 5.21. The van der Waals surface area contributed by atoms with Crippen LogP contribution < -0.4 is 5.32 Å². The van der Waals surface area contributed by atoms with Crippen LogP contribution in [0.5, 0.6) is 0 Å². The van der Waals surface area contributed by atoms with E-state index in [-0.39, 0.29) is 5.91 Å². The molecule has 2 rings (SSSR count). The molecule has 0 spiro atoms. The summed E-state index contributed by atoms with van der Waals surface area (Å²) >= 11 is 0. The second-order valence-electron chi connectivity index (χ2n) is 3.03. The fourth-order valence-electron chi connectivity index (χ4n) is 1.51. The van der Waals surface area contributed by atoms with E-state index < -0.39 is 0 Å². The highest BCUT2D eigenvalue weighted by atomic mass is 16.1. The van der Waals surface area contributed by atoms with Crippen LogP contribution in [0.25, 0.3) is 0 Å². The van der Waals surface area contributed by atoms with Crippen LogP contribution in [-0.2, 0) is 13.0 Å². The van der Waals surface area contributed by atoms with Gasteiger partial charge in [-0.1, -0.05) is 32.9 Å². The zero-order chi connectivity index (χ0) is 10.6. The van der Waals surface area contributed by atoms with E-state index in [0.717, 1.165) is 17.5 Å². The Hall–Kier alpha value is -1.31. The molecule has 0 saturated heterocycles. The summed E-state index contributed by atoms with van der Waals surface area (Å²) in [4.78, 5) is 11.2. The molecule has 1 aromatic rings. The SMILES string of the molecule is CC.CCc1ccc2c(c1)CNC2=O. The van der Waals surface area contributed by atoms with E-state index in [9.17, 15) is 4.79 Å². The molecule has 2 heteroatoms. The van der Waals surface area contributed by atoms with Crippen LogP contribution in [0.15, 0.2) is 18.2 Å². The number of aryl methyl sites for hydroxylation is 1. The molecule has 76 valence electrons. The number of hydrogen-bond donors (Lipinski definition) is 1. The van der Waals surface area contributed by atoms with Crippen molar-refractivity contribution < 1.29 is 4.79 Å². The van der Waals surface area contributed by atoms with Crippen LogP contribution in [0.1, 0.15) is 42.3 Å². The second-order valence-corrected chi connectivity index (χ2v) is 3.03. The van der Waals surface area contributed by atoms with E-state index in [4.69, 9.17) is 0 Å². The molecule has 1 aliphatic rings. The minimum Gasteiger partial charge on any atom is -0.348 e. The van der Waals surface area contributed by atoms with Gasteiger partial charge in [-0.25, -0.2) is 0 Å². The molecular formula is C12H17NO. The first-order valence-corrected chi connectivity index (χ1v) is 5.21. The van der Waals surface area contributed by atoms with Crippen molar-refractivity contribution in [2.75, 3.05) is 0 Å². The molecule has 0 radical (unpaired) electrons. The molecule has 0 aliphatic carbocycles. The van der Waals surface area contributed by atoms with Gasteiger partial charge in [0.2, 0.25) is 0 Å². The minimum absolute atomic E-state index is 0.0626. The van der Waals surface area contributed by atoms with E-state index in [2.05, 4.69) is 18.3 Å². The molecule has 0 bridgehead atoms. The Kier molecular flexibility index (Phi) is 3.69. The van der Waals surface area contributed by atoms with Crippen molar-refractivity contribution in [3.8, 4) is 0 Å². The van der Waals surface area contributed by atoms with Crippen molar-refractivity contribution in [3.05, 3.63) is 34.9 Å². The molecule has 1 heterocycles. The van der Waals surface area contributed by atoms with Crippen LogP contribution in [0.2, 0.25) is 0 Å². The summed E-state index contributed by atoms with van der Waals surface area (Å²) in [6, 6.07) is 6.04. The zero-order valence-electron chi connectivity index (χ0n) is 9.05. The number of amides is 1. The molecule has 1 aliphatic heterocycles. The first-order chi connectivity index (χ1) is 6.81. The lowest BCUT2D eigenvalue weighted by atomic mass is 10.0. The molecule has 1 amide bonds. The summed E-state index contributed by atoms with van der Waals surface area (Å²) in [6.45, 7) is 6.81. The van der Waals surface area contributed by atoms with Crippen LogP contribution in [-0.4, -0.2) is 5.91 Å². The summed E-state index contributed by atoms with van der Waals surface area (Å²) in [5.74, 6) is 0.0626. The number of rotatable bonds is 1. The maximum Gasteiger partial charge on any atom is 0.251 e. The van der Waals surface area contributed by atoms with E-state index in [1.807, 2.05) is 26.0 Å². The zero-order valence-corrected chi connectivity index (χ0v) is 9.05. The van der Waals surface area contributed by atoms with Crippen LogP contribution >= 0.6 is 0 Å². The number of carbonyl (C=O) groups excluding carboxylic acids is 1. The third kappa shape index (κ3) is 1.95. The van der Waals surface area contributed by atoms with Crippen molar-refractivity contribution in [2.24, 2.45) is 0 Å². The molecule has 2 nitrogen and oxygen atoms in total. The van der Waals surface area contributed by atoms with Crippen LogP contribution in [0.3, 0.4) is 0 Å². The van der Waals surface area contributed by atoms with Gasteiger partial charge in [-0.3, -0.25) is 4.79 Å². The van der Waals surface area contributed by atoms with Crippen LogP contribution in [0, 0.1) is 0 Å². The van der Waals surface area contributed by atoms with Gasteiger partial charge in [-0.05, 0) is 23.6 Å². The van der Waals surface area contributed by atoms with E-state index in [1.54, 1.807) is 0 Å². The molecular weight excluding hydrogens is 174 g/mol. The number of carbonyl (C=O) groups is 1. The van der Waals surface area contributed by atoms with Crippen molar-refractivity contribution in [3.63, 3.8) is 0 Å². The van der Waals surface area contributed by atoms with Gasteiger partial charge in [-0.15, -0.1) is 0 Å². The molecule has 1 aromatic carbocycles. The lowest BCUT2D eigenvalue weighted by Crippen LogP contribution is -2.12. The molecule has 0 aromatic heterocycles. The molecule has 0 fully saturated rings. The minimum atomic E-state index is 0.0626. The Morgan fingerprint density at radius 3 is 2.71 bits per heavy atom. The first kappa shape index (κ1) is 10.8. The fraction of sp³-hybridized carbons (Fsp3) is 0.417. The van der Waals surface area contributed by atoms with Gasteiger partial charge in [0, 0.05) is 12.1 Å². The van der Waals surface area contributed by atoms with E-state index in [1.165, 1.54) is 5.56 Å². The highest BCUT2D eigenvalue weighted by molar-refractivity contribution is 5.98. The molecule has 0 atom stereocenters. The Morgan fingerprint density at radius 2 is 2.07 bits per heavy atom. The summed E-state index contributed by atoms with van der Waals surface area (Å²) in [6.07, 6.45) is 1.03. The summed E-state index contributed by atoms with van der Waals surface area (Å²) in [5.41, 5.74) is 3.27. The van der Waals surface area contributed by atoms with E-state index in [0.29, 0.717) is 6.54 Å². The van der Waals surface area contributed by atoms with E-state index >= 15 is 0 Å². The van der Waals surface area contributed by atoms with Crippen molar-refractivity contribution in [2.45, 2.75) is 33.7 Å². The fourth-order valence-corrected chi connectivity index (χ4v) is 1.51. The van der Waals surface area contributed by atoms with Gasteiger partial charge in [0.25, 0.3) is 5.91 Å². The van der Waals surface area contributed by atoms with Gasteiger partial charge >= 0.3 is 0 Å². The predicted octanol–water partition coefficient (Wildman–Crippen LogP) is 2.52. The monoisotopic (exact) mass is 191 g/mol. The quantitative estimate of drug-likeness (QED) is 0.726. The topological polar surface area (TPSA) is 29.1 Å². The molecule has 0 saturated carbocycles. The standard InChI is InChI=1S/C10H11NO.C2H6/c1-2-7-3-4-9-8(5-7)6-11-10(9)12;1-2/h3-5H,2,6H2,1H3,(H,11,12);1-2H3. The summed E-state index contributed by atoms with van der Waals surface area (Å²) in [5, 5.41) is 2.80. The maximum atomic E-state index is 11.2. The normalized spacial score (nSPS) is 12.6. The highest BCUT2D eigenvalue weighted by Crippen LogP contribution is 2.17. The van der Waals surface area contributed by atoms with Gasteiger partial charge in [-0.2, -0.15) is 0 Å². The Labute approximate surface area is 85.3 Å². The Bertz CT molecular complexity index is 331. The summed E-state index contributed by atoms with van der Waals surface area (Å²) in [7, 11) is 0. The third-order valence-electron chi connectivity index (χ3n) is 2.26. The molecule has 1 N–H and O–H groups in total. The second kappa shape index (κ2) is 4.80. The molecule has 0 unspecified atom stereocenters. The van der Waals surface area contributed by atoms with Gasteiger partial charge in [0.1, 0.15) is 0 Å². The third-order valence-corrected chi connectivity index (χ3v) is 2.26. The van der Waals surface area contributed by atoms with Crippen molar-refractivity contribution >= 4 is 5.91 Å². The smallest absolute Gasteiger partial charge is 0.251 e. The number of fused-ring (bicyclic) bond motifs is 1. The summed E-state index contributed by atoms with van der Waals surface area (Å²) < 4.78 is 0. The number of nitrogens with one attached hydrogen (secondary N) is 1. The average molecular weight is 191 g/mol. The lowest BCUT2D eigenvalue weighted by Gasteiger charge is -1.98. The maximum absolute atomic E-state index is 11.2. The van der Waals surface area contributed by atoms with Gasteiger partial charge in [0.15, 0.2) is 0 Å². The number of hydrogen-bond acceptors (Lipinski definition) is 1. The van der Waals surface area contributed by atoms with Gasteiger partial charge < -0.3 is 5.32 Å². The van der Waals surface area contributed by atoms with Crippen molar-refractivity contribution in [1.29, 1.82) is 0 Å². The molecule has 14 heavy (non-hydrogen) atoms. The van der Waals surface area contributed by atoms with Crippen LogP contribution in [0.4, 0.5) is 0 Å². The Morgan fingerprint density at radius 1 is 1.36 bits per heavy atom.